The summed E-state index contributed by atoms with van der Waals surface area (Å²) in [4.78, 5) is 0. The average molecular weight is 486 g/mol. The van der Waals surface area contributed by atoms with Gasteiger partial charge in [0.2, 0.25) is 0 Å². The number of benzene rings is 2. The molecule has 9 heteroatoms. The third-order valence-electron chi connectivity index (χ3n) is 3.80. The van der Waals surface area contributed by atoms with Gasteiger partial charge >= 0.3 is 0 Å². The van der Waals surface area contributed by atoms with Gasteiger partial charge < -0.3 is 25.2 Å². The molecule has 5 nitrogen and oxygen atoms in total. The Kier molecular flexibility index (Phi) is 15.4. The maximum Gasteiger partial charge on any atom is 0.180 e. The van der Waals surface area contributed by atoms with E-state index in [-0.39, 0.29) is 31.4 Å². The van der Waals surface area contributed by atoms with E-state index >= 15 is 0 Å². The van der Waals surface area contributed by atoms with Gasteiger partial charge in [-0.1, -0.05) is 41.4 Å². The second-order valence-electron chi connectivity index (χ2n) is 5.87. The number of halogens is 4. The predicted octanol–water partition coefficient (Wildman–Crippen LogP) is 4.49. The van der Waals surface area contributed by atoms with Gasteiger partial charge in [0.25, 0.3) is 0 Å². The van der Waals surface area contributed by atoms with E-state index < -0.39 is 0 Å². The fourth-order valence-electron chi connectivity index (χ4n) is 2.51. The molecular formula is C20H28Cl4N2O3. The Morgan fingerprint density at radius 1 is 0.931 bits per heavy atom. The van der Waals surface area contributed by atoms with E-state index in [9.17, 15) is 0 Å². The van der Waals surface area contributed by atoms with Crippen LogP contribution in [0, 0.1) is 0 Å². The molecule has 2 rings (SSSR count). The molecule has 0 heterocycles. The number of hydrogen-bond donors (Lipinski definition) is 3. The predicted molar refractivity (Wildman–Crippen MR) is 125 cm³/mol. The van der Waals surface area contributed by atoms with Crippen molar-refractivity contribution in [1.82, 2.24) is 10.6 Å². The number of nitrogens with one attached hydrogen (secondary N) is 2. The number of aliphatic hydroxyl groups excluding tert-OH is 1. The zero-order valence-electron chi connectivity index (χ0n) is 16.2. The van der Waals surface area contributed by atoms with Gasteiger partial charge in [-0.25, -0.2) is 0 Å². The highest BCUT2D eigenvalue weighted by Gasteiger charge is 2.13. The van der Waals surface area contributed by atoms with Crippen LogP contribution < -0.4 is 20.1 Å². The van der Waals surface area contributed by atoms with Crippen molar-refractivity contribution in [3.05, 3.63) is 57.6 Å². The molecule has 0 aliphatic rings. The summed E-state index contributed by atoms with van der Waals surface area (Å²) in [6.07, 6.45) is 0. The average Bonchev–Trinajstić information content (AvgIpc) is 2.65. The fourth-order valence-corrected chi connectivity index (χ4v) is 2.98. The highest BCUT2D eigenvalue weighted by molar-refractivity contribution is 6.32. The molecule has 0 radical (unpaired) electrons. The summed E-state index contributed by atoms with van der Waals surface area (Å²) < 4.78 is 11.6. The molecule has 0 saturated heterocycles. The molecule has 0 saturated carbocycles. The SMILES string of the molecule is CCOc1cc(CNCCNCCO)cc(Cl)c1OCc1ccccc1Cl.Cl.Cl. The third kappa shape index (κ3) is 9.62. The number of hydrogen-bond acceptors (Lipinski definition) is 5. The Hall–Kier alpha value is -0.920. The Morgan fingerprint density at radius 3 is 2.34 bits per heavy atom. The highest BCUT2D eigenvalue weighted by Crippen LogP contribution is 2.37. The summed E-state index contributed by atoms with van der Waals surface area (Å²) in [6, 6.07) is 11.4. The van der Waals surface area contributed by atoms with Gasteiger partial charge in [0.05, 0.1) is 18.2 Å². The minimum Gasteiger partial charge on any atom is -0.490 e. The maximum absolute atomic E-state index is 8.74. The van der Waals surface area contributed by atoms with Crippen molar-refractivity contribution < 1.29 is 14.6 Å². The molecule has 29 heavy (non-hydrogen) atoms. The Morgan fingerprint density at radius 2 is 1.66 bits per heavy atom. The van der Waals surface area contributed by atoms with Crippen LogP contribution in [-0.2, 0) is 13.2 Å². The number of ether oxygens (including phenoxy) is 2. The molecule has 0 aliphatic heterocycles. The second kappa shape index (κ2) is 15.9. The van der Waals surface area contributed by atoms with Crippen molar-refractivity contribution in [3.8, 4) is 11.5 Å². The lowest BCUT2D eigenvalue weighted by atomic mass is 10.2. The quantitative estimate of drug-likeness (QED) is 0.386. The molecule has 2 aromatic carbocycles. The van der Waals surface area contributed by atoms with Crippen molar-refractivity contribution in [2.24, 2.45) is 0 Å². The molecule has 0 bridgehead atoms. The number of rotatable bonds is 12. The van der Waals surface area contributed by atoms with Crippen LogP contribution in [0.5, 0.6) is 11.5 Å². The van der Waals surface area contributed by atoms with Gasteiger partial charge in [-0.2, -0.15) is 0 Å². The lowest BCUT2D eigenvalue weighted by molar-refractivity contribution is 0.269. The van der Waals surface area contributed by atoms with Crippen LogP contribution in [-0.4, -0.2) is 38.0 Å². The topological polar surface area (TPSA) is 62.8 Å². The Bertz CT molecular complexity index is 720. The second-order valence-corrected chi connectivity index (χ2v) is 6.68. The molecule has 0 aliphatic carbocycles. The first-order chi connectivity index (χ1) is 13.2. The van der Waals surface area contributed by atoms with Gasteiger partial charge in [-0.3, -0.25) is 0 Å². The number of aliphatic hydroxyl groups is 1. The highest BCUT2D eigenvalue weighted by atomic mass is 35.5. The summed E-state index contributed by atoms with van der Waals surface area (Å²) in [5, 5.41) is 16.3. The first-order valence-corrected chi connectivity index (χ1v) is 9.75. The lowest BCUT2D eigenvalue weighted by Crippen LogP contribution is -2.28. The third-order valence-corrected chi connectivity index (χ3v) is 4.44. The van der Waals surface area contributed by atoms with Gasteiger partial charge in [0.15, 0.2) is 11.5 Å². The van der Waals surface area contributed by atoms with E-state index in [1.165, 1.54) is 0 Å². The van der Waals surface area contributed by atoms with E-state index in [1.807, 2.05) is 43.3 Å². The van der Waals surface area contributed by atoms with E-state index in [0.717, 1.165) is 24.2 Å². The van der Waals surface area contributed by atoms with E-state index in [1.54, 1.807) is 0 Å². The summed E-state index contributed by atoms with van der Waals surface area (Å²) in [5.74, 6) is 1.14. The summed E-state index contributed by atoms with van der Waals surface area (Å²) in [5.41, 5.74) is 1.90. The molecule has 0 aromatic heterocycles. The summed E-state index contributed by atoms with van der Waals surface area (Å²) >= 11 is 12.6. The minimum absolute atomic E-state index is 0. The smallest absolute Gasteiger partial charge is 0.180 e. The zero-order chi connectivity index (χ0) is 19.5. The molecular weight excluding hydrogens is 458 g/mol. The van der Waals surface area contributed by atoms with Crippen molar-refractivity contribution >= 4 is 48.0 Å². The summed E-state index contributed by atoms with van der Waals surface area (Å²) in [7, 11) is 0. The molecule has 0 amide bonds. The van der Waals surface area contributed by atoms with Crippen molar-refractivity contribution in [1.29, 1.82) is 0 Å². The van der Waals surface area contributed by atoms with Crippen LogP contribution in [0.15, 0.2) is 36.4 Å². The first-order valence-electron chi connectivity index (χ1n) is 8.99. The largest absolute Gasteiger partial charge is 0.490 e. The van der Waals surface area contributed by atoms with Crippen LogP contribution >= 0.6 is 48.0 Å². The van der Waals surface area contributed by atoms with E-state index in [0.29, 0.717) is 47.8 Å². The van der Waals surface area contributed by atoms with Crippen LogP contribution in [0.4, 0.5) is 0 Å². The maximum atomic E-state index is 8.74. The van der Waals surface area contributed by atoms with Crippen LogP contribution in [0.1, 0.15) is 18.1 Å². The molecule has 0 atom stereocenters. The lowest BCUT2D eigenvalue weighted by Gasteiger charge is -2.16. The Balaban J connectivity index is 0.00000392. The molecule has 164 valence electrons. The molecule has 0 fully saturated rings. The molecule has 2 aromatic rings. The van der Waals surface area contributed by atoms with Crippen LogP contribution in [0.3, 0.4) is 0 Å². The van der Waals surface area contributed by atoms with Crippen LogP contribution in [0.2, 0.25) is 10.0 Å². The van der Waals surface area contributed by atoms with Gasteiger partial charge in [-0.15, -0.1) is 24.8 Å². The molecule has 0 unspecified atom stereocenters. The van der Waals surface area contributed by atoms with Gasteiger partial charge in [-0.05, 0) is 30.7 Å². The first kappa shape index (κ1) is 28.1. The summed E-state index contributed by atoms with van der Waals surface area (Å²) in [6.45, 7) is 5.71. The van der Waals surface area contributed by atoms with Crippen molar-refractivity contribution in [2.45, 2.75) is 20.1 Å². The van der Waals surface area contributed by atoms with Crippen LogP contribution in [0.25, 0.3) is 0 Å². The monoisotopic (exact) mass is 484 g/mol. The van der Waals surface area contributed by atoms with Gasteiger partial charge in [0, 0.05) is 36.8 Å². The minimum atomic E-state index is 0. The molecule has 3 N–H and O–H groups in total. The van der Waals surface area contributed by atoms with Gasteiger partial charge in [0.1, 0.15) is 6.61 Å². The van der Waals surface area contributed by atoms with E-state index in [4.69, 9.17) is 37.8 Å². The van der Waals surface area contributed by atoms with Crippen molar-refractivity contribution in [2.75, 3.05) is 32.8 Å². The fraction of sp³-hybridized carbons (Fsp3) is 0.400. The zero-order valence-corrected chi connectivity index (χ0v) is 19.4. The normalized spacial score (nSPS) is 10.1. The van der Waals surface area contributed by atoms with Crippen molar-refractivity contribution in [3.63, 3.8) is 0 Å². The standard InChI is InChI=1S/C20H26Cl2N2O3.2ClH/c1-2-26-19-12-15(13-24-8-7-23-9-10-25)11-18(22)20(19)27-14-16-5-3-4-6-17(16)21;;/h3-6,11-12,23-25H,2,7-10,13-14H2,1H3;2*1H. The van der Waals surface area contributed by atoms with E-state index in [2.05, 4.69) is 10.6 Å². The Labute approximate surface area is 194 Å². The molecule has 0 spiro atoms.